The molecule has 0 radical (unpaired) electrons. The van der Waals surface area contributed by atoms with Gasteiger partial charge in [-0.2, -0.15) is 4.99 Å². The molecule has 1 aromatic heterocycles. The highest BCUT2D eigenvalue weighted by Crippen LogP contribution is 2.18. The van der Waals surface area contributed by atoms with Gasteiger partial charge in [0.2, 0.25) is 5.96 Å². The molecule has 1 heterocycles. The van der Waals surface area contributed by atoms with Crippen molar-refractivity contribution in [1.82, 2.24) is 4.98 Å². The fourth-order valence-corrected chi connectivity index (χ4v) is 1.60. The number of guanidine groups is 2. The van der Waals surface area contributed by atoms with Gasteiger partial charge < -0.3 is 22.2 Å². The fourth-order valence-electron chi connectivity index (χ4n) is 1.60. The topological polar surface area (TPSA) is 119 Å². The molecule has 7 N–H and O–H groups in total. The first-order chi connectivity index (χ1) is 8.16. The third-order valence-corrected chi connectivity index (χ3v) is 2.33. The van der Waals surface area contributed by atoms with Crippen LogP contribution in [0.2, 0.25) is 0 Å². The number of hydrogen-bond acceptors (Lipinski definition) is 1. The van der Waals surface area contributed by atoms with Gasteiger partial charge in [-0.15, -0.1) is 0 Å². The second-order valence-electron chi connectivity index (χ2n) is 3.57. The average molecular weight is 230 g/mol. The molecule has 0 aliphatic carbocycles. The highest BCUT2D eigenvalue weighted by atomic mass is 15.1. The first-order valence-electron chi connectivity index (χ1n) is 5.11. The molecule has 0 unspecified atom stereocenters. The molecule has 2 aromatic rings. The Labute approximate surface area is 98.2 Å². The van der Waals surface area contributed by atoms with E-state index in [0.717, 1.165) is 16.5 Å². The number of nitrogens with zero attached hydrogens (tertiary/aromatic N) is 2. The summed E-state index contributed by atoms with van der Waals surface area (Å²) >= 11 is 0. The van der Waals surface area contributed by atoms with Gasteiger partial charge in [0.15, 0.2) is 5.96 Å². The Morgan fingerprint density at radius 3 is 2.71 bits per heavy atom. The highest BCUT2D eigenvalue weighted by Gasteiger charge is 2.01. The lowest BCUT2D eigenvalue weighted by molar-refractivity contribution is 1.06. The van der Waals surface area contributed by atoms with E-state index in [-0.39, 0.29) is 11.9 Å². The van der Waals surface area contributed by atoms with Gasteiger partial charge in [0.25, 0.3) is 0 Å². The standard InChI is InChI=1S/C11H14N6/c12-10(13)17-11(14)16-6-7-5-15-9-4-2-1-3-8(7)9/h1-5,15H,6H2,(H6,12,13,14,16,17). The molecule has 0 amide bonds. The van der Waals surface area contributed by atoms with Crippen LogP contribution in [0.15, 0.2) is 40.4 Å². The quantitative estimate of drug-likeness (QED) is 0.437. The summed E-state index contributed by atoms with van der Waals surface area (Å²) in [6.07, 6.45) is 1.90. The van der Waals surface area contributed by atoms with Crippen molar-refractivity contribution >= 4 is 22.8 Å². The summed E-state index contributed by atoms with van der Waals surface area (Å²) in [7, 11) is 0. The Morgan fingerprint density at radius 2 is 1.94 bits per heavy atom. The Kier molecular flexibility index (Phi) is 2.95. The molecule has 0 saturated heterocycles. The highest BCUT2D eigenvalue weighted by molar-refractivity contribution is 5.92. The van der Waals surface area contributed by atoms with Crippen LogP contribution in [0.25, 0.3) is 10.9 Å². The van der Waals surface area contributed by atoms with E-state index in [1.54, 1.807) is 0 Å². The molecule has 88 valence electrons. The Hall–Kier alpha value is -2.50. The van der Waals surface area contributed by atoms with E-state index in [0.29, 0.717) is 6.54 Å². The number of para-hydroxylation sites is 1. The molecule has 6 nitrogen and oxygen atoms in total. The molecule has 0 bridgehead atoms. The van der Waals surface area contributed by atoms with Gasteiger partial charge in [-0.3, -0.25) is 0 Å². The van der Waals surface area contributed by atoms with Crippen molar-refractivity contribution in [3.05, 3.63) is 36.0 Å². The van der Waals surface area contributed by atoms with Crippen molar-refractivity contribution in [2.24, 2.45) is 27.2 Å². The van der Waals surface area contributed by atoms with E-state index in [1.165, 1.54) is 0 Å². The predicted molar refractivity (Wildman–Crippen MR) is 69.4 cm³/mol. The van der Waals surface area contributed by atoms with Gasteiger partial charge in [-0.05, 0) is 11.6 Å². The van der Waals surface area contributed by atoms with Gasteiger partial charge in [0.1, 0.15) is 0 Å². The van der Waals surface area contributed by atoms with E-state index in [1.807, 2.05) is 30.5 Å². The van der Waals surface area contributed by atoms with Crippen molar-refractivity contribution in [2.45, 2.75) is 6.54 Å². The molecule has 0 spiro atoms. The van der Waals surface area contributed by atoms with Crippen LogP contribution >= 0.6 is 0 Å². The Balaban J connectivity index is 2.22. The molecule has 0 aliphatic heterocycles. The Bertz CT molecular complexity index is 576. The molecule has 2 rings (SSSR count). The number of hydrogen-bond donors (Lipinski definition) is 4. The summed E-state index contributed by atoms with van der Waals surface area (Å²) in [6.45, 7) is 0.437. The van der Waals surface area contributed by atoms with Crippen molar-refractivity contribution in [3.8, 4) is 0 Å². The number of fused-ring (bicyclic) bond motifs is 1. The summed E-state index contributed by atoms with van der Waals surface area (Å²) in [5, 5.41) is 1.12. The maximum Gasteiger partial charge on any atom is 0.218 e. The van der Waals surface area contributed by atoms with Crippen LogP contribution in [0, 0.1) is 0 Å². The van der Waals surface area contributed by atoms with Crippen molar-refractivity contribution < 1.29 is 0 Å². The average Bonchev–Trinajstić information content (AvgIpc) is 2.69. The minimum atomic E-state index is -0.0924. The number of nitrogens with one attached hydrogen (secondary N) is 1. The third kappa shape index (κ3) is 2.54. The zero-order valence-electron chi connectivity index (χ0n) is 9.22. The van der Waals surface area contributed by atoms with Crippen LogP contribution in [-0.4, -0.2) is 16.9 Å². The first-order valence-corrected chi connectivity index (χ1v) is 5.11. The molecule has 0 fully saturated rings. The first kappa shape index (κ1) is 11.0. The number of aliphatic imine (C=N–C) groups is 2. The van der Waals surface area contributed by atoms with Gasteiger partial charge in [-0.1, -0.05) is 18.2 Å². The minimum absolute atomic E-state index is 0.0790. The normalized spacial score (nSPS) is 11.6. The second-order valence-corrected chi connectivity index (χ2v) is 3.57. The molecule has 0 saturated carbocycles. The zero-order chi connectivity index (χ0) is 12.3. The number of H-pyrrole nitrogens is 1. The lowest BCUT2D eigenvalue weighted by atomic mass is 10.2. The van der Waals surface area contributed by atoms with Gasteiger partial charge >= 0.3 is 0 Å². The van der Waals surface area contributed by atoms with Crippen LogP contribution in [0.5, 0.6) is 0 Å². The third-order valence-electron chi connectivity index (χ3n) is 2.33. The van der Waals surface area contributed by atoms with Crippen molar-refractivity contribution in [3.63, 3.8) is 0 Å². The summed E-state index contributed by atoms with van der Waals surface area (Å²) < 4.78 is 0. The molecular weight excluding hydrogens is 216 g/mol. The second kappa shape index (κ2) is 4.56. The maximum atomic E-state index is 5.53. The number of rotatable bonds is 2. The van der Waals surface area contributed by atoms with E-state index < -0.39 is 0 Å². The van der Waals surface area contributed by atoms with E-state index in [2.05, 4.69) is 15.0 Å². The fraction of sp³-hybridized carbons (Fsp3) is 0.0909. The maximum absolute atomic E-state index is 5.53. The number of benzene rings is 1. The van der Waals surface area contributed by atoms with Crippen LogP contribution < -0.4 is 17.2 Å². The SMILES string of the molecule is NC(N)=NC(N)=NCc1c[nH]c2ccccc12. The van der Waals surface area contributed by atoms with Gasteiger partial charge in [-0.25, -0.2) is 4.99 Å². The van der Waals surface area contributed by atoms with Crippen LogP contribution in [-0.2, 0) is 6.54 Å². The molecule has 6 heteroatoms. The molecule has 0 aliphatic rings. The van der Waals surface area contributed by atoms with Crippen molar-refractivity contribution in [2.75, 3.05) is 0 Å². The lowest BCUT2D eigenvalue weighted by Gasteiger charge is -1.96. The van der Waals surface area contributed by atoms with Gasteiger partial charge in [0.05, 0.1) is 6.54 Å². The summed E-state index contributed by atoms with van der Waals surface area (Å²) in [5.41, 5.74) is 18.0. The molecule has 1 aromatic carbocycles. The Morgan fingerprint density at radius 1 is 1.18 bits per heavy atom. The van der Waals surface area contributed by atoms with Gasteiger partial charge in [0, 0.05) is 17.1 Å². The smallest absolute Gasteiger partial charge is 0.218 e. The van der Waals surface area contributed by atoms with E-state index >= 15 is 0 Å². The largest absolute Gasteiger partial charge is 0.370 e. The summed E-state index contributed by atoms with van der Waals surface area (Å²) in [4.78, 5) is 10.9. The van der Waals surface area contributed by atoms with Crippen LogP contribution in [0.4, 0.5) is 0 Å². The van der Waals surface area contributed by atoms with Crippen molar-refractivity contribution in [1.29, 1.82) is 0 Å². The number of nitrogens with two attached hydrogens (primary N) is 3. The van der Waals surface area contributed by atoms with Crippen LogP contribution in [0.3, 0.4) is 0 Å². The predicted octanol–water partition coefficient (Wildman–Crippen LogP) is 0.256. The zero-order valence-corrected chi connectivity index (χ0v) is 9.22. The minimum Gasteiger partial charge on any atom is -0.370 e. The molecule has 17 heavy (non-hydrogen) atoms. The van der Waals surface area contributed by atoms with Crippen LogP contribution in [0.1, 0.15) is 5.56 Å². The monoisotopic (exact) mass is 230 g/mol. The number of aromatic amines is 1. The van der Waals surface area contributed by atoms with E-state index in [4.69, 9.17) is 17.2 Å². The number of aromatic nitrogens is 1. The molecule has 0 atom stereocenters. The molecular formula is C11H14N6. The van der Waals surface area contributed by atoms with E-state index in [9.17, 15) is 0 Å². The lowest BCUT2D eigenvalue weighted by Crippen LogP contribution is -2.26. The summed E-state index contributed by atoms with van der Waals surface area (Å²) in [5.74, 6) is -0.0135. The summed E-state index contributed by atoms with van der Waals surface area (Å²) in [6, 6.07) is 7.97.